The fraction of sp³-hybridized carbons (Fsp3) is 0.375. The molecule has 1 heterocycles. The van der Waals surface area contributed by atoms with Crippen molar-refractivity contribution >= 4 is 11.3 Å². The van der Waals surface area contributed by atoms with Gasteiger partial charge in [0.25, 0.3) is 0 Å². The maximum atomic E-state index is 9.89. The molecule has 1 aromatic heterocycles. The zero-order valence-electron chi connectivity index (χ0n) is 11.7. The van der Waals surface area contributed by atoms with Crippen LogP contribution >= 0.6 is 11.3 Å². The summed E-state index contributed by atoms with van der Waals surface area (Å²) in [5.41, 5.74) is 1.22. The molecule has 4 heteroatoms. The van der Waals surface area contributed by atoms with Gasteiger partial charge < -0.3 is 15.2 Å². The number of rotatable bonds is 8. The Morgan fingerprint density at radius 2 is 2.00 bits per heavy atom. The van der Waals surface area contributed by atoms with Crippen LogP contribution in [0.15, 0.2) is 47.8 Å². The van der Waals surface area contributed by atoms with Crippen molar-refractivity contribution in [3.05, 3.63) is 58.3 Å². The molecule has 3 nitrogen and oxygen atoms in total. The molecule has 0 aliphatic rings. The van der Waals surface area contributed by atoms with Gasteiger partial charge in [-0.1, -0.05) is 36.4 Å². The van der Waals surface area contributed by atoms with Crippen LogP contribution in [0.3, 0.4) is 0 Å². The lowest BCUT2D eigenvalue weighted by Gasteiger charge is -2.17. The molecule has 0 aliphatic carbocycles. The first-order chi connectivity index (χ1) is 9.75. The Morgan fingerprint density at radius 1 is 1.20 bits per heavy atom. The minimum Gasteiger partial charge on any atom is -0.389 e. The first-order valence-corrected chi connectivity index (χ1v) is 7.70. The first-order valence-electron chi connectivity index (χ1n) is 6.82. The maximum Gasteiger partial charge on any atom is 0.0898 e. The Morgan fingerprint density at radius 3 is 2.70 bits per heavy atom. The van der Waals surface area contributed by atoms with Crippen LogP contribution in [0, 0.1) is 0 Å². The van der Waals surface area contributed by atoms with Gasteiger partial charge in [-0.3, -0.25) is 0 Å². The van der Waals surface area contributed by atoms with Gasteiger partial charge in [0.15, 0.2) is 0 Å². The second-order valence-electron chi connectivity index (χ2n) is 4.79. The van der Waals surface area contributed by atoms with Crippen molar-refractivity contribution < 1.29 is 9.84 Å². The fourth-order valence-electron chi connectivity index (χ4n) is 1.92. The van der Waals surface area contributed by atoms with Gasteiger partial charge in [-0.25, -0.2) is 0 Å². The van der Waals surface area contributed by atoms with E-state index in [2.05, 4.69) is 24.4 Å². The highest BCUT2D eigenvalue weighted by Crippen LogP contribution is 2.11. The maximum absolute atomic E-state index is 9.89. The third-order valence-electron chi connectivity index (χ3n) is 3.09. The summed E-state index contributed by atoms with van der Waals surface area (Å²) >= 11 is 1.67. The third-order valence-corrected chi connectivity index (χ3v) is 3.94. The van der Waals surface area contributed by atoms with Crippen LogP contribution in [-0.4, -0.2) is 24.4 Å². The fourth-order valence-corrected chi connectivity index (χ4v) is 2.56. The highest BCUT2D eigenvalue weighted by atomic mass is 32.1. The molecule has 20 heavy (non-hydrogen) atoms. The molecule has 0 aliphatic heterocycles. The second kappa shape index (κ2) is 8.17. The summed E-state index contributed by atoms with van der Waals surface area (Å²) in [7, 11) is 0. The SMILES string of the molecule is C[C@H](NCC(O)COCc1cccs1)c1ccccc1. The van der Waals surface area contributed by atoms with E-state index in [9.17, 15) is 5.11 Å². The lowest BCUT2D eigenvalue weighted by molar-refractivity contribution is 0.0288. The monoisotopic (exact) mass is 291 g/mol. The van der Waals surface area contributed by atoms with Crippen LogP contribution in [0.4, 0.5) is 0 Å². The molecule has 2 rings (SSSR count). The van der Waals surface area contributed by atoms with Crippen LogP contribution in [0.25, 0.3) is 0 Å². The third kappa shape index (κ3) is 5.06. The Labute approximate surface area is 124 Å². The minimum atomic E-state index is -0.485. The van der Waals surface area contributed by atoms with E-state index in [-0.39, 0.29) is 6.04 Å². The molecule has 1 aromatic carbocycles. The van der Waals surface area contributed by atoms with E-state index in [4.69, 9.17) is 4.74 Å². The Hall–Kier alpha value is -1.20. The number of aliphatic hydroxyl groups excluding tert-OH is 1. The van der Waals surface area contributed by atoms with Gasteiger partial charge in [-0.15, -0.1) is 11.3 Å². The predicted octanol–water partition coefficient (Wildman–Crippen LogP) is 2.98. The molecule has 2 aromatic rings. The molecule has 0 radical (unpaired) electrons. The van der Waals surface area contributed by atoms with Crippen LogP contribution in [0.2, 0.25) is 0 Å². The summed E-state index contributed by atoms with van der Waals surface area (Å²) in [6.45, 7) is 3.55. The van der Waals surface area contributed by atoms with Gasteiger partial charge in [0.1, 0.15) is 0 Å². The topological polar surface area (TPSA) is 41.5 Å². The summed E-state index contributed by atoms with van der Waals surface area (Å²) in [4.78, 5) is 1.18. The number of benzene rings is 1. The van der Waals surface area contributed by atoms with Gasteiger partial charge in [-0.2, -0.15) is 0 Å². The summed E-state index contributed by atoms with van der Waals surface area (Å²) < 4.78 is 5.50. The van der Waals surface area contributed by atoms with Crippen LogP contribution in [0.5, 0.6) is 0 Å². The molecule has 1 unspecified atom stereocenters. The van der Waals surface area contributed by atoms with Crippen LogP contribution < -0.4 is 5.32 Å². The minimum absolute atomic E-state index is 0.225. The normalized spacial score (nSPS) is 14.1. The van der Waals surface area contributed by atoms with Gasteiger partial charge in [0, 0.05) is 17.5 Å². The number of ether oxygens (including phenoxy) is 1. The lowest BCUT2D eigenvalue weighted by Crippen LogP contribution is -2.32. The van der Waals surface area contributed by atoms with Crippen molar-refractivity contribution in [1.82, 2.24) is 5.32 Å². The number of hydrogen-bond donors (Lipinski definition) is 2. The average Bonchev–Trinajstić information content (AvgIpc) is 2.99. The summed E-state index contributed by atoms with van der Waals surface area (Å²) in [5, 5.41) is 15.2. The van der Waals surface area contributed by atoms with Crippen molar-refractivity contribution in [2.24, 2.45) is 0 Å². The molecule has 2 atom stereocenters. The molecule has 0 bridgehead atoms. The van der Waals surface area contributed by atoms with Crippen LogP contribution in [-0.2, 0) is 11.3 Å². The highest BCUT2D eigenvalue weighted by molar-refractivity contribution is 7.09. The van der Waals surface area contributed by atoms with Crippen molar-refractivity contribution in [2.45, 2.75) is 25.7 Å². The van der Waals surface area contributed by atoms with Crippen molar-refractivity contribution in [3.8, 4) is 0 Å². The van der Waals surface area contributed by atoms with Gasteiger partial charge in [0.05, 0.1) is 19.3 Å². The van der Waals surface area contributed by atoms with E-state index in [1.807, 2.05) is 35.7 Å². The second-order valence-corrected chi connectivity index (χ2v) is 5.82. The number of thiophene rings is 1. The van der Waals surface area contributed by atoms with E-state index in [1.165, 1.54) is 10.4 Å². The zero-order chi connectivity index (χ0) is 14.2. The predicted molar refractivity (Wildman–Crippen MR) is 82.8 cm³/mol. The highest BCUT2D eigenvalue weighted by Gasteiger charge is 2.08. The standard InChI is InChI=1S/C16H21NO2S/c1-13(14-6-3-2-4-7-14)17-10-15(18)11-19-12-16-8-5-9-20-16/h2-9,13,15,17-18H,10-12H2,1H3/t13-,15?/m0/s1. The molecule has 0 spiro atoms. The Balaban J connectivity index is 1.63. The summed E-state index contributed by atoms with van der Waals surface area (Å²) in [6, 6.07) is 14.5. The molecular formula is C16H21NO2S. The Kier molecular flexibility index (Phi) is 6.21. The van der Waals surface area contributed by atoms with Gasteiger partial charge in [-0.05, 0) is 23.9 Å². The smallest absolute Gasteiger partial charge is 0.0898 e. The lowest BCUT2D eigenvalue weighted by atomic mass is 10.1. The van der Waals surface area contributed by atoms with Crippen molar-refractivity contribution in [2.75, 3.05) is 13.2 Å². The molecule has 2 N–H and O–H groups in total. The molecule has 108 valence electrons. The number of hydrogen-bond acceptors (Lipinski definition) is 4. The molecular weight excluding hydrogens is 270 g/mol. The van der Waals surface area contributed by atoms with Gasteiger partial charge in [0.2, 0.25) is 0 Å². The van der Waals surface area contributed by atoms with Crippen LogP contribution in [0.1, 0.15) is 23.4 Å². The summed E-state index contributed by atoms with van der Waals surface area (Å²) in [5.74, 6) is 0. The molecule has 0 saturated carbocycles. The van der Waals surface area contributed by atoms with E-state index in [0.717, 1.165) is 0 Å². The average molecular weight is 291 g/mol. The first kappa shape index (κ1) is 15.2. The molecule has 0 fully saturated rings. The van der Waals surface area contributed by atoms with E-state index in [0.29, 0.717) is 19.8 Å². The Bertz CT molecular complexity index is 472. The summed E-state index contributed by atoms with van der Waals surface area (Å²) in [6.07, 6.45) is -0.485. The zero-order valence-corrected chi connectivity index (χ0v) is 12.5. The van der Waals surface area contributed by atoms with Crippen molar-refractivity contribution in [3.63, 3.8) is 0 Å². The van der Waals surface area contributed by atoms with E-state index >= 15 is 0 Å². The van der Waals surface area contributed by atoms with Crippen molar-refractivity contribution in [1.29, 1.82) is 0 Å². The number of aliphatic hydroxyl groups is 1. The largest absolute Gasteiger partial charge is 0.389 e. The molecule has 0 saturated heterocycles. The molecule has 0 amide bonds. The quantitative estimate of drug-likeness (QED) is 0.785. The van der Waals surface area contributed by atoms with E-state index in [1.54, 1.807) is 11.3 Å². The number of nitrogens with one attached hydrogen (secondary N) is 1. The van der Waals surface area contributed by atoms with E-state index < -0.39 is 6.10 Å². The van der Waals surface area contributed by atoms with Gasteiger partial charge >= 0.3 is 0 Å².